The molecule has 1 aliphatic rings. The van der Waals surface area contributed by atoms with Crippen molar-refractivity contribution in [3.63, 3.8) is 0 Å². The first-order chi connectivity index (χ1) is 12.0. The fourth-order valence-corrected chi connectivity index (χ4v) is 2.56. The first-order valence-electron chi connectivity index (χ1n) is 8.85. The van der Waals surface area contributed by atoms with Gasteiger partial charge in [0, 0.05) is 31.4 Å². The molecular weight excluding hydrogens is 322 g/mol. The Morgan fingerprint density at radius 2 is 2.08 bits per heavy atom. The highest BCUT2D eigenvalue weighted by Gasteiger charge is 2.25. The molecule has 0 aromatic carbocycles. The molecule has 1 aromatic heterocycles. The molecule has 25 heavy (non-hydrogen) atoms. The highest BCUT2D eigenvalue weighted by Crippen LogP contribution is 2.12. The molecule has 1 atom stereocenters. The van der Waals surface area contributed by atoms with Gasteiger partial charge in [0.25, 0.3) is 5.91 Å². The van der Waals surface area contributed by atoms with Gasteiger partial charge in [-0.3, -0.25) is 4.79 Å². The number of anilines is 1. The summed E-state index contributed by atoms with van der Waals surface area (Å²) in [5.41, 5.74) is 0.341. The number of aromatic nitrogens is 2. The third-order valence-corrected chi connectivity index (χ3v) is 4.23. The fraction of sp³-hybridized carbons (Fsp3) is 0.647. The van der Waals surface area contributed by atoms with Crippen LogP contribution in [0, 0.1) is 0 Å². The van der Waals surface area contributed by atoms with Crippen LogP contribution in [0.1, 0.15) is 50.5 Å². The molecule has 138 valence electrons. The van der Waals surface area contributed by atoms with Crippen LogP contribution in [-0.4, -0.2) is 58.6 Å². The van der Waals surface area contributed by atoms with Gasteiger partial charge in [0.15, 0.2) is 0 Å². The van der Waals surface area contributed by atoms with Crippen molar-refractivity contribution in [1.82, 2.24) is 20.2 Å². The summed E-state index contributed by atoms with van der Waals surface area (Å²) in [5.74, 6) is 0.239. The second-order valence-corrected chi connectivity index (χ2v) is 6.15. The fourth-order valence-electron chi connectivity index (χ4n) is 2.56. The SMILES string of the molecule is CCOC(=O)N1CCC(NC(=O)c2ccnc(NC(C)CC)n2)CC1. The van der Waals surface area contributed by atoms with E-state index in [-0.39, 0.29) is 24.1 Å². The van der Waals surface area contributed by atoms with Gasteiger partial charge < -0.3 is 20.3 Å². The second kappa shape index (κ2) is 9.19. The molecule has 2 amide bonds. The molecule has 0 spiro atoms. The maximum atomic E-state index is 12.4. The summed E-state index contributed by atoms with van der Waals surface area (Å²) in [6, 6.07) is 1.87. The Hall–Kier alpha value is -2.38. The number of hydrogen-bond acceptors (Lipinski definition) is 6. The van der Waals surface area contributed by atoms with Crippen LogP contribution >= 0.6 is 0 Å². The number of nitrogens with one attached hydrogen (secondary N) is 2. The predicted molar refractivity (Wildman–Crippen MR) is 94.5 cm³/mol. The average Bonchev–Trinajstić information content (AvgIpc) is 2.62. The lowest BCUT2D eigenvalue weighted by atomic mass is 10.1. The van der Waals surface area contributed by atoms with Crippen molar-refractivity contribution < 1.29 is 14.3 Å². The topological polar surface area (TPSA) is 96.5 Å². The lowest BCUT2D eigenvalue weighted by molar-refractivity contribution is 0.0856. The van der Waals surface area contributed by atoms with Gasteiger partial charge in [-0.05, 0) is 39.2 Å². The Kier molecular flexibility index (Phi) is 6.97. The molecule has 0 aliphatic carbocycles. The minimum absolute atomic E-state index is 0.0270. The zero-order valence-corrected chi connectivity index (χ0v) is 15.1. The summed E-state index contributed by atoms with van der Waals surface area (Å²) < 4.78 is 5.00. The smallest absolute Gasteiger partial charge is 0.409 e. The van der Waals surface area contributed by atoms with Crippen molar-refractivity contribution in [2.75, 3.05) is 25.0 Å². The van der Waals surface area contributed by atoms with Crippen molar-refractivity contribution in [1.29, 1.82) is 0 Å². The Morgan fingerprint density at radius 1 is 1.36 bits per heavy atom. The van der Waals surface area contributed by atoms with Gasteiger partial charge in [0.05, 0.1) is 6.61 Å². The molecule has 0 saturated carbocycles. The van der Waals surface area contributed by atoms with Gasteiger partial charge in [0.1, 0.15) is 5.69 Å². The van der Waals surface area contributed by atoms with Crippen LogP contribution in [-0.2, 0) is 4.74 Å². The number of carbonyl (C=O) groups is 2. The van der Waals surface area contributed by atoms with Crippen LogP contribution in [0.15, 0.2) is 12.3 Å². The number of amides is 2. The quantitative estimate of drug-likeness (QED) is 0.816. The van der Waals surface area contributed by atoms with E-state index in [0.29, 0.717) is 44.2 Å². The number of piperidine rings is 1. The standard InChI is InChI=1S/C17H27N5O3/c1-4-12(3)19-16-18-9-6-14(21-16)15(23)20-13-7-10-22(11-8-13)17(24)25-5-2/h6,9,12-13H,4-5,7-8,10-11H2,1-3H3,(H,20,23)(H,18,19,21). The van der Waals surface area contributed by atoms with Crippen LogP contribution < -0.4 is 10.6 Å². The summed E-state index contributed by atoms with van der Waals surface area (Å²) in [7, 11) is 0. The second-order valence-electron chi connectivity index (χ2n) is 6.15. The Bertz CT molecular complexity index is 587. The lowest BCUT2D eigenvalue weighted by Crippen LogP contribution is -2.46. The van der Waals surface area contributed by atoms with E-state index in [9.17, 15) is 9.59 Å². The first kappa shape index (κ1) is 19.0. The summed E-state index contributed by atoms with van der Waals surface area (Å²) in [6.07, 6.45) is 3.64. The zero-order valence-electron chi connectivity index (χ0n) is 15.1. The van der Waals surface area contributed by atoms with Gasteiger partial charge in [-0.1, -0.05) is 6.92 Å². The van der Waals surface area contributed by atoms with E-state index < -0.39 is 0 Å². The van der Waals surface area contributed by atoms with E-state index >= 15 is 0 Å². The van der Waals surface area contributed by atoms with Crippen LogP contribution in [0.5, 0.6) is 0 Å². The summed E-state index contributed by atoms with van der Waals surface area (Å²) in [4.78, 5) is 34.2. The van der Waals surface area contributed by atoms with E-state index in [4.69, 9.17) is 4.74 Å². The van der Waals surface area contributed by atoms with Gasteiger partial charge >= 0.3 is 6.09 Å². The van der Waals surface area contributed by atoms with Crippen LogP contribution in [0.25, 0.3) is 0 Å². The average molecular weight is 349 g/mol. The molecule has 2 heterocycles. The molecule has 1 unspecified atom stereocenters. The number of rotatable bonds is 6. The monoisotopic (exact) mass is 349 g/mol. The molecule has 1 fully saturated rings. The molecular formula is C17H27N5O3. The summed E-state index contributed by atoms with van der Waals surface area (Å²) in [6.45, 7) is 7.42. The molecule has 0 bridgehead atoms. The van der Waals surface area contributed by atoms with Crippen molar-refractivity contribution in [2.45, 2.75) is 52.1 Å². The normalized spacial score (nSPS) is 16.2. The molecule has 1 saturated heterocycles. The maximum absolute atomic E-state index is 12.4. The lowest BCUT2D eigenvalue weighted by Gasteiger charge is -2.31. The maximum Gasteiger partial charge on any atom is 0.409 e. The first-order valence-corrected chi connectivity index (χ1v) is 8.85. The number of hydrogen-bond donors (Lipinski definition) is 2. The van der Waals surface area contributed by atoms with E-state index in [2.05, 4.69) is 27.5 Å². The Balaban J connectivity index is 1.86. The van der Waals surface area contributed by atoms with Gasteiger partial charge in [-0.15, -0.1) is 0 Å². The number of carbonyl (C=O) groups excluding carboxylic acids is 2. The predicted octanol–water partition coefficient (Wildman–Crippen LogP) is 2.04. The highest BCUT2D eigenvalue weighted by molar-refractivity contribution is 5.92. The van der Waals surface area contributed by atoms with Crippen molar-refractivity contribution >= 4 is 17.9 Å². The Labute approximate surface area is 148 Å². The van der Waals surface area contributed by atoms with Gasteiger partial charge in [-0.25, -0.2) is 14.8 Å². The highest BCUT2D eigenvalue weighted by atomic mass is 16.6. The third kappa shape index (κ3) is 5.58. The number of ether oxygens (including phenoxy) is 1. The molecule has 8 heteroatoms. The summed E-state index contributed by atoms with van der Waals surface area (Å²) >= 11 is 0. The largest absolute Gasteiger partial charge is 0.450 e. The molecule has 1 aliphatic heterocycles. The van der Waals surface area contributed by atoms with E-state index in [1.807, 2.05) is 6.92 Å². The van der Waals surface area contributed by atoms with Crippen molar-refractivity contribution in [3.05, 3.63) is 18.0 Å². The van der Waals surface area contributed by atoms with Crippen molar-refractivity contribution in [3.8, 4) is 0 Å². The van der Waals surface area contributed by atoms with Gasteiger partial charge in [0.2, 0.25) is 5.95 Å². The zero-order chi connectivity index (χ0) is 18.2. The van der Waals surface area contributed by atoms with Crippen LogP contribution in [0.3, 0.4) is 0 Å². The van der Waals surface area contributed by atoms with E-state index in [1.165, 1.54) is 0 Å². The van der Waals surface area contributed by atoms with Crippen LogP contribution in [0.4, 0.5) is 10.7 Å². The number of nitrogens with zero attached hydrogens (tertiary/aromatic N) is 3. The molecule has 2 rings (SSSR count). The minimum Gasteiger partial charge on any atom is -0.450 e. The Morgan fingerprint density at radius 3 is 2.72 bits per heavy atom. The molecule has 0 radical (unpaired) electrons. The molecule has 1 aromatic rings. The van der Waals surface area contributed by atoms with Crippen LogP contribution in [0.2, 0.25) is 0 Å². The van der Waals surface area contributed by atoms with E-state index in [0.717, 1.165) is 6.42 Å². The third-order valence-electron chi connectivity index (χ3n) is 4.23. The van der Waals surface area contributed by atoms with E-state index in [1.54, 1.807) is 24.1 Å². The van der Waals surface area contributed by atoms with Crippen molar-refractivity contribution in [2.24, 2.45) is 0 Å². The summed E-state index contributed by atoms with van der Waals surface area (Å²) in [5, 5.41) is 6.15. The molecule has 8 nitrogen and oxygen atoms in total. The molecule has 2 N–H and O–H groups in total. The minimum atomic E-state index is -0.288. The number of likely N-dealkylation sites (tertiary alicyclic amines) is 1. The van der Waals surface area contributed by atoms with Gasteiger partial charge in [-0.2, -0.15) is 0 Å².